The Labute approximate surface area is 91.0 Å². The van der Waals surface area contributed by atoms with Crippen LogP contribution in [0.15, 0.2) is 0 Å². The number of nitrogens with zero attached hydrogens (tertiary/aromatic N) is 1. The smallest absolute Gasteiger partial charge is 0.246 e. The molecule has 1 rings (SSSR count). The van der Waals surface area contributed by atoms with Crippen molar-refractivity contribution in [1.29, 1.82) is 0 Å². The molecule has 1 fully saturated rings. The number of likely N-dealkylation sites (tertiary alicyclic amines) is 1. The van der Waals surface area contributed by atoms with Gasteiger partial charge in [0.25, 0.3) is 0 Å². The van der Waals surface area contributed by atoms with Crippen molar-refractivity contribution in [3.05, 3.63) is 0 Å². The van der Waals surface area contributed by atoms with Crippen molar-refractivity contribution in [1.82, 2.24) is 10.2 Å². The molecule has 15 heavy (non-hydrogen) atoms. The van der Waals surface area contributed by atoms with Crippen LogP contribution < -0.4 is 5.32 Å². The zero-order chi connectivity index (χ0) is 11.4. The van der Waals surface area contributed by atoms with Crippen molar-refractivity contribution >= 4 is 11.8 Å². The van der Waals surface area contributed by atoms with E-state index in [4.69, 9.17) is 0 Å². The van der Waals surface area contributed by atoms with Gasteiger partial charge in [-0.1, -0.05) is 13.3 Å². The van der Waals surface area contributed by atoms with Crippen molar-refractivity contribution in [2.45, 2.75) is 52.1 Å². The largest absolute Gasteiger partial charge is 0.303 e. The van der Waals surface area contributed by atoms with Crippen LogP contribution in [0.5, 0.6) is 0 Å². The minimum absolute atomic E-state index is 0.0521. The quantitative estimate of drug-likeness (QED) is 0.689. The molecule has 0 aliphatic carbocycles. The average molecular weight is 212 g/mol. The van der Waals surface area contributed by atoms with E-state index in [1.165, 1.54) is 4.90 Å². The van der Waals surface area contributed by atoms with Gasteiger partial charge in [-0.3, -0.25) is 14.5 Å². The molecule has 0 radical (unpaired) electrons. The summed E-state index contributed by atoms with van der Waals surface area (Å²) in [6.45, 7) is 6.47. The van der Waals surface area contributed by atoms with Gasteiger partial charge < -0.3 is 5.32 Å². The molecular weight excluding hydrogens is 192 g/mol. The summed E-state index contributed by atoms with van der Waals surface area (Å²) in [5, 5.41) is 3.21. The van der Waals surface area contributed by atoms with Crippen LogP contribution in [0, 0.1) is 0 Å². The van der Waals surface area contributed by atoms with E-state index in [2.05, 4.69) is 19.2 Å². The molecule has 0 saturated carbocycles. The molecule has 86 valence electrons. The first-order chi connectivity index (χ1) is 7.10. The number of carbonyl (C=O) groups is 2. The molecule has 1 aliphatic heterocycles. The van der Waals surface area contributed by atoms with Crippen LogP contribution in [-0.4, -0.2) is 35.3 Å². The summed E-state index contributed by atoms with van der Waals surface area (Å²) in [7, 11) is 0. The lowest BCUT2D eigenvalue weighted by Crippen LogP contribution is -2.42. The van der Waals surface area contributed by atoms with E-state index < -0.39 is 0 Å². The number of likely N-dealkylation sites (N-methyl/N-ethyl adjacent to an activating group) is 1. The monoisotopic (exact) mass is 212 g/mol. The third-order valence-corrected chi connectivity index (χ3v) is 2.77. The molecule has 4 heteroatoms. The SMILES string of the molecule is CCCC(C)NC1CC(=O)N(CC)C1=O. The minimum Gasteiger partial charge on any atom is -0.303 e. The van der Waals surface area contributed by atoms with Gasteiger partial charge in [-0.2, -0.15) is 0 Å². The molecule has 2 unspecified atom stereocenters. The lowest BCUT2D eigenvalue weighted by Gasteiger charge is -2.17. The summed E-state index contributed by atoms with van der Waals surface area (Å²) in [4.78, 5) is 24.5. The summed E-state index contributed by atoms with van der Waals surface area (Å²) in [6.07, 6.45) is 2.44. The van der Waals surface area contributed by atoms with Crippen LogP contribution in [0.25, 0.3) is 0 Å². The molecule has 1 saturated heterocycles. The molecule has 1 N–H and O–H groups in total. The Morgan fingerprint density at radius 2 is 2.13 bits per heavy atom. The number of hydrogen-bond donors (Lipinski definition) is 1. The van der Waals surface area contributed by atoms with Crippen molar-refractivity contribution in [3.63, 3.8) is 0 Å². The molecule has 1 aliphatic rings. The average Bonchev–Trinajstić information content (AvgIpc) is 2.42. The molecule has 0 spiro atoms. The molecule has 2 amide bonds. The highest BCUT2D eigenvalue weighted by molar-refractivity contribution is 6.05. The summed E-state index contributed by atoms with van der Waals surface area (Å²) < 4.78 is 0. The van der Waals surface area contributed by atoms with E-state index in [1.54, 1.807) is 0 Å². The van der Waals surface area contributed by atoms with Gasteiger partial charge in [0.05, 0.1) is 12.5 Å². The highest BCUT2D eigenvalue weighted by Crippen LogP contribution is 2.13. The normalized spacial score (nSPS) is 23.7. The van der Waals surface area contributed by atoms with Gasteiger partial charge in [0, 0.05) is 12.6 Å². The Balaban J connectivity index is 2.51. The minimum atomic E-state index is -0.293. The fraction of sp³-hybridized carbons (Fsp3) is 0.818. The van der Waals surface area contributed by atoms with Gasteiger partial charge in [-0.15, -0.1) is 0 Å². The summed E-state index contributed by atoms with van der Waals surface area (Å²) in [5.74, 6) is -0.117. The summed E-state index contributed by atoms with van der Waals surface area (Å²) >= 11 is 0. The Bertz CT molecular complexity index is 253. The standard InChI is InChI=1S/C11H20N2O2/c1-4-6-8(3)12-9-7-10(14)13(5-2)11(9)15/h8-9,12H,4-7H2,1-3H3. The Kier molecular flexibility index (Phi) is 4.27. The maximum absolute atomic E-state index is 11.7. The number of carbonyl (C=O) groups excluding carboxylic acids is 2. The molecule has 0 aromatic heterocycles. The first kappa shape index (κ1) is 12.2. The van der Waals surface area contributed by atoms with Gasteiger partial charge in [-0.25, -0.2) is 0 Å². The van der Waals surface area contributed by atoms with Gasteiger partial charge in [-0.05, 0) is 20.3 Å². The molecule has 1 heterocycles. The van der Waals surface area contributed by atoms with E-state index >= 15 is 0 Å². The molecule has 0 aromatic carbocycles. The third kappa shape index (κ3) is 2.78. The van der Waals surface area contributed by atoms with E-state index in [0.29, 0.717) is 19.0 Å². The lowest BCUT2D eigenvalue weighted by atomic mass is 10.1. The van der Waals surface area contributed by atoms with E-state index in [-0.39, 0.29) is 17.9 Å². The lowest BCUT2D eigenvalue weighted by molar-refractivity contribution is -0.138. The second kappa shape index (κ2) is 5.26. The maximum Gasteiger partial charge on any atom is 0.246 e. The molecule has 4 nitrogen and oxygen atoms in total. The predicted molar refractivity (Wildman–Crippen MR) is 58.3 cm³/mol. The van der Waals surface area contributed by atoms with Gasteiger partial charge in [0.2, 0.25) is 11.8 Å². The number of hydrogen-bond acceptors (Lipinski definition) is 3. The van der Waals surface area contributed by atoms with Gasteiger partial charge in [0.1, 0.15) is 0 Å². The first-order valence-corrected chi connectivity index (χ1v) is 5.70. The summed E-state index contributed by atoms with van der Waals surface area (Å²) in [6, 6.07) is 0.00700. The number of amides is 2. The number of nitrogens with one attached hydrogen (secondary N) is 1. The van der Waals surface area contributed by atoms with Gasteiger partial charge in [0.15, 0.2) is 0 Å². The highest BCUT2D eigenvalue weighted by Gasteiger charge is 2.37. The zero-order valence-electron chi connectivity index (χ0n) is 9.75. The van der Waals surface area contributed by atoms with Crippen molar-refractivity contribution < 1.29 is 9.59 Å². The Morgan fingerprint density at radius 1 is 1.47 bits per heavy atom. The van der Waals surface area contributed by atoms with Crippen molar-refractivity contribution in [2.75, 3.05) is 6.54 Å². The maximum atomic E-state index is 11.7. The van der Waals surface area contributed by atoms with Crippen LogP contribution >= 0.6 is 0 Å². The first-order valence-electron chi connectivity index (χ1n) is 5.70. The second-order valence-electron chi connectivity index (χ2n) is 4.09. The Hall–Kier alpha value is -0.900. The van der Waals surface area contributed by atoms with Crippen molar-refractivity contribution in [2.24, 2.45) is 0 Å². The molecular formula is C11H20N2O2. The topological polar surface area (TPSA) is 49.4 Å². The fourth-order valence-electron chi connectivity index (χ4n) is 2.01. The number of rotatable bonds is 5. The highest BCUT2D eigenvalue weighted by atomic mass is 16.2. The fourth-order valence-corrected chi connectivity index (χ4v) is 2.01. The van der Waals surface area contributed by atoms with Crippen LogP contribution in [-0.2, 0) is 9.59 Å². The molecule has 0 bridgehead atoms. The van der Waals surface area contributed by atoms with Crippen molar-refractivity contribution in [3.8, 4) is 0 Å². The Morgan fingerprint density at radius 3 is 2.60 bits per heavy atom. The zero-order valence-corrected chi connectivity index (χ0v) is 9.75. The van der Waals surface area contributed by atoms with Crippen LogP contribution in [0.2, 0.25) is 0 Å². The summed E-state index contributed by atoms with van der Waals surface area (Å²) in [5.41, 5.74) is 0. The molecule has 2 atom stereocenters. The van der Waals surface area contributed by atoms with E-state index in [0.717, 1.165) is 12.8 Å². The molecule has 0 aromatic rings. The van der Waals surface area contributed by atoms with Crippen LogP contribution in [0.1, 0.15) is 40.0 Å². The predicted octanol–water partition coefficient (Wildman–Crippen LogP) is 0.912. The second-order valence-corrected chi connectivity index (χ2v) is 4.09. The van der Waals surface area contributed by atoms with Crippen LogP contribution in [0.3, 0.4) is 0 Å². The third-order valence-electron chi connectivity index (χ3n) is 2.77. The number of imide groups is 1. The van der Waals surface area contributed by atoms with Gasteiger partial charge >= 0.3 is 0 Å². The van der Waals surface area contributed by atoms with E-state index in [1.807, 2.05) is 6.92 Å². The van der Waals surface area contributed by atoms with Crippen LogP contribution in [0.4, 0.5) is 0 Å². The van der Waals surface area contributed by atoms with E-state index in [9.17, 15) is 9.59 Å².